The third kappa shape index (κ3) is 3.00. The summed E-state index contributed by atoms with van der Waals surface area (Å²) < 4.78 is 13.9. The molecule has 2 rings (SSSR count). The van der Waals surface area contributed by atoms with E-state index in [0.29, 0.717) is 16.0 Å². The molecular formula is C15H18BrFO. The van der Waals surface area contributed by atoms with E-state index in [9.17, 15) is 9.18 Å². The molecule has 2 atom stereocenters. The van der Waals surface area contributed by atoms with Gasteiger partial charge in [-0.15, -0.1) is 0 Å². The van der Waals surface area contributed by atoms with Gasteiger partial charge in [-0.2, -0.15) is 0 Å². The van der Waals surface area contributed by atoms with Crippen molar-refractivity contribution in [2.75, 3.05) is 0 Å². The largest absolute Gasteiger partial charge is 0.294 e. The second-order valence-corrected chi connectivity index (χ2v) is 5.98. The van der Waals surface area contributed by atoms with Gasteiger partial charge in [0, 0.05) is 16.0 Å². The molecule has 0 bridgehead atoms. The lowest BCUT2D eigenvalue weighted by Crippen LogP contribution is -2.23. The molecule has 1 fully saturated rings. The summed E-state index contributed by atoms with van der Waals surface area (Å²) in [7, 11) is 0. The standard InChI is InChI=1S/C15H18BrFO/c1-2-10-4-3-5-11(8-10)15(18)13-9-12(17)6-7-14(13)16/h6-7,9-11H,2-5,8H2,1H3. The van der Waals surface area contributed by atoms with Crippen LogP contribution in [0.5, 0.6) is 0 Å². The number of hydrogen-bond acceptors (Lipinski definition) is 1. The molecule has 1 aromatic rings. The van der Waals surface area contributed by atoms with Crippen LogP contribution in [0.2, 0.25) is 0 Å². The van der Waals surface area contributed by atoms with Crippen LogP contribution >= 0.6 is 15.9 Å². The summed E-state index contributed by atoms with van der Waals surface area (Å²) >= 11 is 3.34. The maximum atomic E-state index is 13.2. The van der Waals surface area contributed by atoms with Crippen molar-refractivity contribution in [2.24, 2.45) is 11.8 Å². The fourth-order valence-corrected chi connectivity index (χ4v) is 3.25. The molecule has 1 aromatic carbocycles. The Balaban J connectivity index is 2.17. The number of carbonyl (C=O) groups excluding carboxylic acids is 1. The number of halogens is 2. The van der Waals surface area contributed by atoms with Gasteiger partial charge in [0.15, 0.2) is 5.78 Å². The summed E-state index contributed by atoms with van der Waals surface area (Å²) in [6, 6.07) is 4.33. The highest BCUT2D eigenvalue weighted by Gasteiger charge is 2.28. The van der Waals surface area contributed by atoms with Gasteiger partial charge in [0.25, 0.3) is 0 Å². The van der Waals surface area contributed by atoms with E-state index in [1.807, 2.05) is 0 Å². The van der Waals surface area contributed by atoms with E-state index < -0.39 is 0 Å². The molecule has 0 spiro atoms. The Morgan fingerprint density at radius 2 is 2.22 bits per heavy atom. The second-order valence-electron chi connectivity index (χ2n) is 5.13. The van der Waals surface area contributed by atoms with Gasteiger partial charge in [-0.05, 0) is 37.0 Å². The summed E-state index contributed by atoms with van der Waals surface area (Å²) in [4.78, 5) is 12.4. The smallest absolute Gasteiger partial charge is 0.167 e. The summed E-state index contributed by atoms with van der Waals surface area (Å²) in [5.41, 5.74) is 0.497. The van der Waals surface area contributed by atoms with Gasteiger partial charge in [0.1, 0.15) is 5.82 Å². The highest BCUT2D eigenvalue weighted by molar-refractivity contribution is 9.10. The van der Waals surface area contributed by atoms with E-state index >= 15 is 0 Å². The number of benzene rings is 1. The lowest BCUT2D eigenvalue weighted by Gasteiger charge is -2.27. The molecule has 0 radical (unpaired) electrons. The third-order valence-electron chi connectivity index (χ3n) is 3.92. The number of hydrogen-bond donors (Lipinski definition) is 0. The summed E-state index contributed by atoms with van der Waals surface area (Å²) in [5, 5.41) is 0. The van der Waals surface area contributed by atoms with Crippen molar-refractivity contribution < 1.29 is 9.18 Å². The van der Waals surface area contributed by atoms with E-state index in [1.165, 1.54) is 18.6 Å². The van der Waals surface area contributed by atoms with Gasteiger partial charge in [0.2, 0.25) is 0 Å². The third-order valence-corrected chi connectivity index (χ3v) is 4.62. The van der Waals surface area contributed by atoms with Gasteiger partial charge in [-0.1, -0.05) is 42.1 Å². The van der Waals surface area contributed by atoms with Gasteiger partial charge in [-0.25, -0.2) is 4.39 Å². The molecule has 1 saturated carbocycles. The van der Waals surface area contributed by atoms with Crippen LogP contribution in [0.1, 0.15) is 49.4 Å². The Bertz CT molecular complexity index is 444. The summed E-state index contributed by atoms with van der Waals surface area (Å²) in [6.07, 6.45) is 5.37. The van der Waals surface area contributed by atoms with E-state index in [4.69, 9.17) is 0 Å². The predicted octanol–water partition coefficient (Wildman–Crippen LogP) is 4.99. The molecule has 0 heterocycles. The first-order valence-corrected chi connectivity index (χ1v) is 7.40. The van der Waals surface area contributed by atoms with Crippen LogP contribution < -0.4 is 0 Å². The van der Waals surface area contributed by atoms with E-state index in [2.05, 4.69) is 22.9 Å². The molecule has 18 heavy (non-hydrogen) atoms. The van der Waals surface area contributed by atoms with Crippen molar-refractivity contribution in [1.29, 1.82) is 0 Å². The molecule has 1 aliphatic rings. The fraction of sp³-hybridized carbons (Fsp3) is 0.533. The van der Waals surface area contributed by atoms with Crippen molar-refractivity contribution >= 4 is 21.7 Å². The first-order valence-electron chi connectivity index (χ1n) is 6.61. The molecule has 1 nitrogen and oxygen atoms in total. The maximum absolute atomic E-state index is 13.2. The lowest BCUT2D eigenvalue weighted by atomic mass is 9.77. The number of Topliss-reactive ketones (excluding diaryl/α,β-unsaturated/α-hetero) is 1. The lowest BCUT2D eigenvalue weighted by molar-refractivity contribution is 0.0860. The molecule has 0 saturated heterocycles. The Hall–Kier alpha value is -0.700. The zero-order valence-corrected chi connectivity index (χ0v) is 12.2. The van der Waals surface area contributed by atoms with Gasteiger partial charge < -0.3 is 0 Å². The Morgan fingerprint density at radius 3 is 2.94 bits per heavy atom. The van der Waals surface area contributed by atoms with Crippen molar-refractivity contribution in [3.8, 4) is 0 Å². The zero-order valence-electron chi connectivity index (χ0n) is 10.6. The van der Waals surface area contributed by atoms with Crippen LogP contribution in [0.15, 0.2) is 22.7 Å². The highest BCUT2D eigenvalue weighted by Crippen LogP contribution is 2.34. The van der Waals surface area contributed by atoms with Crippen molar-refractivity contribution in [2.45, 2.75) is 39.0 Å². The Labute approximate surface area is 116 Å². The molecule has 3 heteroatoms. The average molecular weight is 313 g/mol. The average Bonchev–Trinajstić information content (AvgIpc) is 2.41. The molecule has 0 amide bonds. The molecule has 0 aliphatic heterocycles. The number of ketones is 1. The van der Waals surface area contributed by atoms with Crippen LogP contribution in [-0.4, -0.2) is 5.78 Å². The molecule has 0 N–H and O–H groups in total. The van der Waals surface area contributed by atoms with E-state index in [0.717, 1.165) is 25.7 Å². The Morgan fingerprint density at radius 1 is 1.44 bits per heavy atom. The summed E-state index contributed by atoms with van der Waals surface area (Å²) in [6.45, 7) is 2.18. The predicted molar refractivity (Wildman–Crippen MR) is 74.2 cm³/mol. The number of carbonyl (C=O) groups is 1. The fourth-order valence-electron chi connectivity index (χ4n) is 2.81. The SMILES string of the molecule is CCC1CCCC(C(=O)c2cc(F)ccc2Br)C1. The first-order chi connectivity index (χ1) is 8.61. The minimum Gasteiger partial charge on any atom is -0.294 e. The molecule has 2 unspecified atom stereocenters. The molecule has 98 valence electrons. The second kappa shape index (κ2) is 5.96. The Kier molecular flexibility index (Phi) is 4.55. The van der Waals surface area contributed by atoms with Gasteiger partial charge in [0.05, 0.1) is 0 Å². The van der Waals surface area contributed by atoms with Crippen LogP contribution in [0, 0.1) is 17.7 Å². The minimum absolute atomic E-state index is 0.0711. The van der Waals surface area contributed by atoms with Gasteiger partial charge >= 0.3 is 0 Å². The molecule has 1 aliphatic carbocycles. The quantitative estimate of drug-likeness (QED) is 0.719. The van der Waals surface area contributed by atoms with Crippen LogP contribution in [0.25, 0.3) is 0 Å². The van der Waals surface area contributed by atoms with Crippen molar-refractivity contribution in [1.82, 2.24) is 0 Å². The van der Waals surface area contributed by atoms with E-state index in [-0.39, 0.29) is 17.5 Å². The first kappa shape index (κ1) is 13.7. The van der Waals surface area contributed by atoms with Crippen LogP contribution in [-0.2, 0) is 0 Å². The van der Waals surface area contributed by atoms with Crippen molar-refractivity contribution in [3.63, 3.8) is 0 Å². The highest BCUT2D eigenvalue weighted by atomic mass is 79.9. The topological polar surface area (TPSA) is 17.1 Å². The molecule has 0 aromatic heterocycles. The van der Waals surface area contributed by atoms with E-state index in [1.54, 1.807) is 6.07 Å². The van der Waals surface area contributed by atoms with Crippen LogP contribution in [0.3, 0.4) is 0 Å². The summed E-state index contributed by atoms with van der Waals surface area (Å²) in [5.74, 6) is 0.478. The van der Waals surface area contributed by atoms with Gasteiger partial charge in [-0.3, -0.25) is 4.79 Å². The van der Waals surface area contributed by atoms with Crippen molar-refractivity contribution in [3.05, 3.63) is 34.1 Å². The maximum Gasteiger partial charge on any atom is 0.167 e. The molecular weight excluding hydrogens is 295 g/mol. The minimum atomic E-state index is -0.343. The van der Waals surface area contributed by atoms with Crippen LogP contribution in [0.4, 0.5) is 4.39 Å². The normalized spacial score (nSPS) is 23.9. The number of rotatable bonds is 3. The monoisotopic (exact) mass is 312 g/mol. The zero-order chi connectivity index (χ0) is 13.1.